The molecule has 0 radical (unpaired) electrons. The highest BCUT2D eigenvalue weighted by atomic mass is 16.5. The van der Waals surface area contributed by atoms with Crippen LogP contribution >= 0.6 is 0 Å². The van der Waals surface area contributed by atoms with Gasteiger partial charge < -0.3 is 24.1 Å². The highest BCUT2D eigenvalue weighted by Gasteiger charge is 2.30. The standard InChI is InChI=1S/C21H26O5/c1-21(2)9-8-14-10-15(12-18(25-5)20(14)26-21)19(22)13-6-7-16(23-3)17(11-13)24-4/h6-7,10-12,19,22H,8-9H2,1-5H3. The summed E-state index contributed by atoms with van der Waals surface area (Å²) >= 11 is 0. The summed E-state index contributed by atoms with van der Waals surface area (Å²) in [5, 5.41) is 10.9. The number of aliphatic hydroxyl groups excluding tert-OH is 1. The van der Waals surface area contributed by atoms with Gasteiger partial charge in [0.15, 0.2) is 23.0 Å². The summed E-state index contributed by atoms with van der Waals surface area (Å²) in [6.07, 6.45) is 0.994. The Morgan fingerprint density at radius 3 is 2.23 bits per heavy atom. The molecule has 0 aliphatic carbocycles. The molecule has 0 spiro atoms. The van der Waals surface area contributed by atoms with Crippen LogP contribution in [-0.2, 0) is 6.42 Å². The Morgan fingerprint density at radius 1 is 0.923 bits per heavy atom. The third-order valence-corrected chi connectivity index (χ3v) is 4.79. The quantitative estimate of drug-likeness (QED) is 0.878. The fraction of sp³-hybridized carbons (Fsp3) is 0.429. The van der Waals surface area contributed by atoms with Gasteiger partial charge in [0.25, 0.3) is 0 Å². The summed E-state index contributed by atoms with van der Waals surface area (Å²) in [6, 6.07) is 9.24. The van der Waals surface area contributed by atoms with E-state index in [1.165, 1.54) is 0 Å². The molecular weight excluding hydrogens is 332 g/mol. The maximum Gasteiger partial charge on any atom is 0.165 e. The molecule has 3 rings (SSSR count). The molecule has 140 valence electrons. The lowest BCUT2D eigenvalue weighted by Gasteiger charge is -2.34. The molecule has 26 heavy (non-hydrogen) atoms. The van der Waals surface area contributed by atoms with E-state index in [2.05, 4.69) is 13.8 Å². The van der Waals surface area contributed by atoms with Gasteiger partial charge in [0.05, 0.1) is 21.3 Å². The Hall–Kier alpha value is -2.40. The van der Waals surface area contributed by atoms with Gasteiger partial charge in [0, 0.05) is 0 Å². The molecule has 0 saturated carbocycles. The molecular formula is C21H26O5. The van der Waals surface area contributed by atoms with Gasteiger partial charge in [-0.25, -0.2) is 0 Å². The second-order valence-corrected chi connectivity index (χ2v) is 7.09. The third kappa shape index (κ3) is 3.44. The normalized spacial score (nSPS) is 16.2. The number of fused-ring (bicyclic) bond motifs is 1. The first-order valence-electron chi connectivity index (χ1n) is 8.68. The van der Waals surface area contributed by atoms with Gasteiger partial charge in [0.2, 0.25) is 0 Å². The number of methoxy groups -OCH3 is 3. The molecule has 1 aliphatic rings. The largest absolute Gasteiger partial charge is 0.493 e. The first-order chi connectivity index (χ1) is 12.4. The SMILES string of the molecule is COc1ccc(C(O)c2cc3c(c(OC)c2)OC(C)(C)CC3)cc1OC. The van der Waals surface area contributed by atoms with Crippen molar-refractivity contribution in [2.24, 2.45) is 0 Å². The van der Waals surface area contributed by atoms with Gasteiger partial charge in [-0.1, -0.05) is 6.07 Å². The molecule has 5 heteroatoms. The van der Waals surface area contributed by atoms with Crippen molar-refractivity contribution in [1.29, 1.82) is 0 Å². The molecule has 0 saturated heterocycles. The molecule has 1 unspecified atom stereocenters. The minimum Gasteiger partial charge on any atom is -0.493 e. The van der Waals surface area contributed by atoms with E-state index < -0.39 is 6.10 Å². The van der Waals surface area contributed by atoms with Gasteiger partial charge in [-0.3, -0.25) is 0 Å². The Kier molecular flexibility index (Phi) is 5.01. The molecule has 1 atom stereocenters. The predicted molar refractivity (Wildman–Crippen MR) is 99.6 cm³/mol. The van der Waals surface area contributed by atoms with Crippen LogP contribution in [-0.4, -0.2) is 32.0 Å². The van der Waals surface area contributed by atoms with Gasteiger partial charge >= 0.3 is 0 Å². The van der Waals surface area contributed by atoms with Gasteiger partial charge in [-0.15, -0.1) is 0 Å². The highest BCUT2D eigenvalue weighted by molar-refractivity contribution is 5.53. The van der Waals surface area contributed by atoms with E-state index in [0.717, 1.165) is 35.3 Å². The molecule has 5 nitrogen and oxygen atoms in total. The number of hydrogen-bond acceptors (Lipinski definition) is 5. The zero-order chi connectivity index (χ0) is 18.9. The summed E-state index contributed by atoms with van der Waals surface area (Å²) in [5.74, 6) is 2.62. The predicted octanol–water partition coefficient (Wildman–Crippen LogP) is 3.90. The van der Waals surface area contributed by atoms with Gasteiger partial charge in [-0.05, 0) is 67.6 Å². The molecule has 1 aliphatic heterocycles. The highest BCUT2D eigenvalue weighted by Crippen LogP contribution is 2.43. The fourth-order valence-corrected chi connectivity index (χ4v) is 3.27. The van der Waals surface area contributed by atoms with Crippen LogP contribution in [0.5, 0.6) is 23.0 Å². The Balaban J connectivity index is 1.99. The van der Waals surface area contributed by atoms with Crippen LogP contribution in [0.1, 0.15) is 43.1 Å². The molecule has 0 fully saturated rings. The third-order valence-electron chi connectivity index (χ3n) is 4.79. The topological polar surface area (TPSA) is 57.2 Å². The number of ether oxygens (including phenoxy) is 4. The second kappa shape index (κ2) is 7.08. The summed E-state index contributed by atoms with van der Waals surface area (Å²) in [7, 11) is 4.78. The lowest BCUT2D eigenvalue weighted by atomic mass is 9.91. The fourth-order valence-electron chi connectivity index (χ4n) is 3.27. The van der Waals surface area contributed by atoms with Crippen molar-refractivity contribution in [3.05, 3.63) is 47.0 Å². The minimum absolute atomic E-state index is 0.218. The van der Waals surface area contributed by atoms with E-state index in [4.69, 9.17) is 18.9 Å². The average Bonchev–Trinajstić information content (AvgIpc) is 2.65. The van der Waals surface area contributed by atoms with E-state index in [0.29, 0.717) is 17.2 Å². The van der Waals surface area contributed by atoms with Crippen LogP contribution in [0.3, 0.4) is 0 Å². The molecule has 0 aromatic heterocycles. The number of aliphatic hydroxyl groups is 1. The second-order valence-electron chi connectivity index (χ2n) is 7.09. The molecule has 1 N–H and O–H groups in total. The molecule has 1 heterocycles. The van der Waals surface area contributed by atoms with Crippen LogP contribution in [0.15, 0.2) is 30.3 Å². The summed E-state index contributed by atoms with van der Waals surface area (Å²) < 4.78 is 22.2. The number of aryl methyl sites for hydroxylation is 1. The van der Waals surface area contributed by atoms with Crippen molar-refractivity contribution >= 4 is 0 Å². The van der Waals surface area contributed by atoms with Crippen molar-refractivity contribution in [3.63, 3.8) is 0 Å². The van der Waals surface area contributed by atoms with E-state index >= 15 is 0 Å². The number of rotatable bonds is 5. The summed E-state index contributed by atoms with van der Waals surface area (Å²) in [4.78, 5) is 0. The van der Waals surface area contributed by atoms with Crippen molar-refractivity contribution in [2.75, 3.05) is 21.3 Å². The first kappa shape index (κ1) is 18.4. The Morgan fingerprint density at radius 2 is 1.58 bits per heavy atom. The molecule has 0 bridgehead atoms. The maximum atomic E-state index is 10.9. The molecule has 2 aromatic carbocycles. The lowest BCUT2D eigenvalue weighted by molar-refractivity contribution is 0.0802. The van der Waals surface area contributed by atoms with Crippen molar-refractivity contribution in [3.8, 4) is 23.0 Å². The van der Waals surface area contributed by atoms with E-state index in [9.17, 15) is 5.11 Å². The van der Waals surface area contributed by atoms with Crippen molar-refractivity contribution in [1.82, 2.24) is 0 Å². The summed E-state index contributed by atoms with van der Waals surface area (Å²) in [5.41, 5.74) is 2.32. The first-order valence-corrected chi connectivity index (χ1v) is 8.68. The summed E-state index contributed by atoms with van der Waals surface area (Å²) in [6.45, 7) is 4.14. The smallest absolute Gasteiger partial charge is 0.165 e. The van der Waals surface area contributed by atoms with Crippen LogP contribution in [0.25, 0.3) is 0 Å². The van der Waals surface area contributed by atoms with Crippen LogP contribution in [0, 0.1) is 0 Å². The van der Waals surface area contributed by atoms with Crippen molar-refractivity contribution in [2.45, 2.75) is 38.4 Å². The van der Waals surface area contributed by atoms with Crippen LogP contribution in [0.4, 0.5) is 0 Å². The minimum atomic E-state index is -0.802. The maximum absolute atomic E-state index is 10.9. The van der Waals surface area contributed by atoms with Crippen LogP contribution in [0.2, 0.25) is 0 Å². The zero-order valence-corrected chi connectivity index (χ0v) is 16.0. The number of hydrogen-bond donors (Lipinski definition) is 1. The Labute approximate surface area is 154 Å². The van der Waals surface area contributed by atoms with E-state index in [1.807, 2.05) is 18.2 Å². The Bertz CT molecular complexity index is 780. The van der Waals surface area contributed by atoms with E-state index in [-0.39, 0.29) is 5.60 Å². The van der Waals surface area contributed by atoms with Gasteiger partial charge in [0.1, 0.15) is 11.7 Å². The number of benzene rings is 2. The van der Waals surface area contributed by atoms with Gasteiger partial charge in [-0.2, -0.15) is 0 Å². The molecule has 0 amide bonds. The zero-order valence-electron chi connectivity index (χ0n) is 16.0. The molecule has 2 aromatic rings. The van der Waals surface area contributed by atoms with E-state index in [1.54, 1.807) is 33.5 Å². The lowest BCUT2D eigenvalue weighted by Crippen LogP contribution is -2.32. The monoisotopic (exact) mass is 358 g/mol. The van der Waals surface area contributed by atoms with Crippen molar-refractivity contribution < 1.29 is 24.1 Å². The average molecular weight is 358 g/mol. The van der Waals surface area contributed by atoms with Crippen LogP contribution < -0.4 is 18.9 Å².